The highest BCUT2D eigenvalue weighted by Gasteiger charge is 2.15. The molecule has 150 valence electrons. The highest BCUT2D eigenvalue weighted by atomic mass is 16.5. The van der Waals surface area contributed by atoms with Gasteiger partial charge >= 0.3 is 0 Å². The number of amides is 2. The molecule has 6 nitrogen and oxygen atoms in total. The average Bonchev–Trinajstić information content (AvgIpc) is 2.71. The smallest absolute Gasteiger partial charge is 0.255 e. The number of carbonyl (C=O) groups excluding carboxylic acids is 2. The lowest BCUT2D eigenvalue weighted by Gasteiger charge is -2.15. The highest BCUT2D eigenvalue weighted by Crippen LogP contribution is 2.19. The van der Waals surface area contributed by atoms with Crippen LogP contribution in [0.4, 0.5) is 5.69 Å². The van der Waals surface area contributed by atoms with Gasteiger partial charge in [0.05, 0.1) is 17.9 Å². The highest BCUT2D eigenvalue weighted by molar-refractivity contribution is 6.09. The van der Waals surface area contributed by atoms with Crippen LogP contribution in [0.5, 0.6) is 5.75 Å². The molecule has 1 unspecified atom stereocenters. The van der Waals surface area contributed by atoms with E-state index in [0.29, 0.717) is 42.4 Å². The van der Waals surface area contributed by atoms with Crippen LogP contribution in [0.25, 0.3) is 0 Å². The number of anilines is 1. The molecule has 2 amide bonds. The third-order valence-electron chi connectivity index (χ3n) is 4.21. The molecule has 0 radical (unpaired) electrons. The molecule has 1 atom stereocenters. The SMILES string of the molecule is CCOCCOc1cccc(C(=O)Nc2ccccc2C(=O)NC(C)CC)c1. The minimum Gasteiger partial charge on any atom is -0.491 e. The van der Waals surface area contributed by atoms with Gasteiger partial charge in [-0.25, -0.2) is 0 Å². The number of nitrogens with one attached hydrogen (secondary N) is 2. The van der Waals surface area contributed by atoms with E-state index in [1.807, 2.05) is 20.8 Å². The fourth-order valence-corrected chi connectivity index (χ4v) is 2.48. The molecule has 0 fully saturated rings. The van der Waals surface area contributed by atoms with Gasteiger partial charge in [-0.05, 0) is 50.6 Å². The molecule has 6 heteroatoms. The first-order valence-electron chi connectivity index (χ1n) is 9.57. The first-order chi connectivity index (χ1) is 13.5. The van der Waals surface area contributed by atoms with Crippen LogP contribution in [0.2, 0.25) is 0 Å². The number of rotatable bonds is 10. The van der Waals surface area contributed by atoms with E-state index in [-0.39, 0.29) is 17.9 Å². The molecule has 2 aromatic carbocycles. The van der Waals surface area contributed by atoms with Crippen LogP contribution in [-0.2, 0) is 4.74 Å². The van der Waals surface area contributed by atoms with Crippen molar-refractivity contribution in [3.05, 3.63) is 59.7 Å². The molecule has 0 bridgehead atoms. The molecular formula is C22H28N2O4. The Kier molecular flexibility index (Phi) is 8.49. The third kappa shape index (κ3) is 6.39. The van der Waals surface area contributed by atoms with Crippen molar-refractivity contribution in [3.8, 4) is 5.75 Å². The fraction of sp³-hybridized carbons (Fsp3) is 0.364. The summed E-state index contributed by atoms with van der Waals surface area (Å²) in [5, 5.41) is 5.74. The maximum atomic E-state index is 12.7. The zero-order chi connectivity index (χ0) is 20.4. The van der Waals surface area contributed by atoms with E-state index >= 15 is 0 Å². The second-order valence-electron chi connectivity index (χ2n) is 6.36. The van der Waals surface area contributed by atoms with Gasteiger partial charge in [0.1, 0.15) is 12.4 Å². The van der Waals surface area contributed by atoms with Crippen molar-refractivity contribution in [1.29, 1.82) is 0 Å². The summed E-state index contributed by atoms with van der Waals surface area (Å²) in [5.74, 6) is 0.0764. The Morgan fingerprint density at radius 3 is 2.54 bits per heavy atom. The van der Waals surface area contributed by atoms with Gasteiger partial charge in [0.25, 0.3) is 11.8 Å². The average molecular weight is 384 g/mol. The van der Waals surface area contributed by atoms with Gasteiger partial charge in [-0.15, -0.1) is 0 Å². The first-order valence-corrected chi connectivity index (χ1v) is 9.57. The number of benzene rings is 2. The van der Waals surface area contributed by atoms with Crippen LogP contribution in [-0.4, -0.2) is 37.7 Å². The number of hydrogen-bond acceptors (Lipinski definition) is 4. The lowest BCUT2D eigenvalue weighted by atomic mass is 10.1. The van der Waals surface area contributed by atoms with Crippen LogP contribution in [0.15, 0.2) is 48.5 Å². The topological polar surface area (TPSA) is 76.7 Å². The zero-order valence-electron chi connectivity index (χ0n) is 16.7. The van der Waals surface area contributed by atoms with Crippen molar-refractivity contribution in [1.82, 2.24) is 5.32 Å². The Labute approximate surface area is 166 Å². The van der Waals surface area contributed by atoms with Gasteiger partial charge in [0.2, 0.25) is 0 Å². The monoisotopic (exact) mass is 384 g/mol. The zero-order valence-corrected chi connectivity index (χ0v) is 16.7. The summed E-state index contributed by atoms with van der Waals surface area (Å²) in [6, 6.07) is 13.9. The van der Waals surface area contributed by atoms with Crippen LogP contribution in [0, 0.1) is 0 Å². The Bertz CT molecular complexity index is 792. The molecule has 2 rings (SSSR count). The lowest BCUT2D eigenvalue weighted by Crippen LogP contribution is -2.32. The molecule has 0 saturated heterocycles. The van der Waals surface area contributed by atoms with Crippen LogP contribution < -0.4 is 15.4 Å². The lowest BCUT2D eigenvalue weighted by molar-refractivity contribution is 0.0940. The van der Waals surface area contributed by atoms with Crippen molar-refractivity contribution in [2.75, 3.05) is 25.1 Å². The molecule has 0 spiro atoms. The minimum atomic E-state index is -0.306. The summed E-state index contributed by atoms with van der Waals surface area (Å²) in [6.45, 7) is 7.41. The first kappa shape index (κ1) is 21.4. The molecule has 0 heterocycles. The van der Waals surface area contributed by atoms with Gasteiger partial charge in [0, 0.05) is 18.2 Å². The van der Waals surface area contributed by atoms with Gasteiger partial charge in [-0.2, -0.15) is 0 Å². The molecule has 0 saturated carbocycles. The summed E-state index contributed by atoms with van der Waals surface area (Å²) in [6.07, 6.45) is 0.830. The Morgan fingerprint density at radius 1 is 1.00 bits per heavy atom. The maximum absolute atomic E-state index is 12.7. The number of ether oxygens (including phenoxy) is 2. The molecule has 0 aliphatic carbocycles. The summed E-state index contributed by atoms with van der Waals surface area (Å²) < 4.78 is 10.8. The van der Waals surface area contributed by atoms with E-state index < -0.39 is 0 Å². The second kappa shape index (κ2) is 11.1. The minimum absolute atomic E-state index is 0.0572. The summed E-state index contributed by atoms with van der Waals surface area (Å²) in [5.41, 5.74) is 1.35. The Balaban J connectivity index is 2.08. The number of para-hydroxylation sites is 1. The van der Waals surface area contributed by atoms with E-state index in [0.717, 1.165) is 6.42 Å². The van der Waals surface area contributed by atoms with Gasteiger partial charge < -0.3 is 20.1 Å². The van der Waals surface area contributed by atoms with E-state index in [4.69, 9.17) is 9.47 Å². The van der Waals surface area contributed by atoms with E-state index in [1.165, 1.54) is 0 Å². The fourth-order valence-electron chi connectivity index (χ4n) is 2.48. The van der Waals surface area contributed by atoms with Crippen LogP contribution in [0.3, 0.4) is 0 Å². The Morgan fingerprint density at radius 2 is 1.79 bits per heavy atom. The Hall–Kier alpha value is -2.86. The maximum Gasteiger partial charge on any atom is 0.255 e. The van der Waals surface area contributed by atoms with E-state index in [2.05, 4.69) is 10.6 Å². The molecule has 28 heavy (non-hydrogen) atoms. The van der Waals surface area contributed by atoms with Crippen LogP contribution >= 0.6 is 0 Å². The van der Waals surface area contributed by atoms with Crippen molar-refractivity contribution in [2.45, 2.75) is 33.2 Å². The van der Waals surface area contributed by atoms with Crippen molar-refractivity contribution in [3.63, 3.8) is 0 Å². The normalized spacial score (nSPS) is 11.5. The summed E-state index contributed by atoms with van der Waals surface area (Å²) >= 11 is 0. The van der Waals surface area contributed by atoms with Gasteiger partial charge in [-0.1, -0.05) is 25.1 Å². The number of hydrogen-bond donors (Lipinski definition) is 2. The quantitative estimate of drug-likeness (QED) is 0.610. The molecular weight excluding hydrogens is 356 g/mol. The molecule has 2 N–H and O–H groups in total. The molecule has 0 aromatic heterocycles. The van der Waals surface area contributed by atoms with Gasteiger partial charge in [0.15, 0.2) is 0 Å². The molecule has 0 aliphatic rings. The second-order valence-corrected chi connectivity index (χ2v) is 6.36. The summed E-state index contributed by atoms with van der Waals surface area (Å²) in [4.78, 5) is 25.2. The van der Waals surface area contributed by atoms with Crippen molar-refractivity contribution >= 4 is 17.5 Å². The van der Waals surface area contributed by atoms with E-state index in [9.17, 15) is 9.59 Å². The predicted octanol–water partition coefficient (Wildman–Crippen LogP) is 3.88. The summed E-state index contributed by atoms with van der Waals surface area (Å²) in [7, 11) is 0. The third-order valence-corrected chi connectivity index (χ3v) is 4.21. The van der Waals surface area contributed by atoms with Crippen molar-refractivity contribution < 1.29 is 19.1 Å². The van der Waals surface area contributed by atoms with Gasteiger partial charge in [-0.3, -0.25) is 9.59 Å². The number of carbonyl (C=O) groups is 2. The van der Waals surface area contributed by atoms with Crippen molar-refractivity contribution in [2.24, 2.45) is 0 Å². The van der Waals surface area contributed by atoms with Crippen LogP contribution in [0.1, 0.15) is 47.9 Å². The predicted molar refractivity (Wildman–Crippen MR) is 110 cm³/mol. The standard InChI is InChI=1S/C22H28N2O4/c1-4-16(3)23-22(26)19-11-6-7-12-20(19)24-21(25)17-9-8-10-18(15-17)28-14-13-27-5-2/h6-12,15-16H,4-5,13-14H2,1-3H3,(H,23,26)(H,24,25). The largest absolute Gasteiger partial charge is 0.491 e. The molecule has 2 aromatic rings. The van der Waals surface area contributed by atoms with E-state index in [1.54, 1.807) is 48.5 Å². The molecule has 0 aliphatic heterocycles.